The van der Waals surface area contributed by atoms with Gasteiger partial charge in [-0.25, -0.2) is 4.79 Å². The van der Waals surface area contributed by atoms with Gasteiger partial charge in [0.2, 0.25) is 0 Å². The van der Waals surface area contributed by atoms with Crippen molar-refractivity contribution in [2.24, 2.45) is 5.92 Å². The van der Waals surface area contributed by atoms with E-state index in [2.05, 4.69) is 32.9 Å². The molecule has 0 amide bonds. The van der Waals surface area contributed by atoms with E-state index in [1.165, 1.54) is 19.4 Å². The quantitative estimate of drug-likeness (QED) is 0.574. The van der Waals surface area contributed by atoms with Gasteiger partial charge in [-0.15, -0.1) is 0 Å². The highest BCUT2D eigenvalue weighted by atomic mass is 16.5. The van der Waals surface area contributed by atoms with Crippen LogP contribution in [0.25, 0.3) is 0 Å². The van der Waals surface area contributed by atoms with Crippen molar-refractivity contribution in [1.82, 2.24) is 0 Å². The number of hydrogen-bond donors (Lipinski definition) is 1. The number of carbonyl (C=O) groups is 1. The molecule has 1 atom stereocenters. The van der Waals surface area contributed by atoms with Crippen LogP contribution in [0.3, 0.4) is 0 Å². The van der Waals surface area contributed by atoms with Crippen LogP contribution >= 0.6 is 0 Å². The molecule has 1 unspecified atom stereocenters. The second-order valence-electron chi connectivity index (χ2n) is 8.30. The Balaban J connectivity index is 1.84. The Morgan fingerprint density at radius 2 is 1.52 bits per heavy atom. The number of ether oxygens (including phenoxy) is 3. The lowest BCUT2D eigenvalue weighted by molar-refractivity contribution is -0.152. The normalized spacial score (nSPS) is 12.5. The minimum atomic E-state index is -1.29. The molecule has 29 heavy (non-hydrogen) atoms. The zero-order valence-electron chi connectivity index (χ0n) is 18.2. The Kier molecular flexibility index (Phi) is 7.54. The highest BCUT2D eigenvalue weighted by molar-refractivity contribution is 5.76. The number of carboxylic acid groups (broad SMARTS) is 1. The topological polar surface area (TPSA) is 65.0 Å². The first-order valence-electron chi connectivity index (χ1n) is 9.97. The van der Waals surface area contributed by atoms with E-state index in [9.17, 15) is 9.90 Å². The van der Waals surface area contributed by atoms with Crippen molar-refractivity contribution in [3.8, 4) is 17.2 Å². The highest BCUT2D eigenvalue weighted by Gasteiger charge is 2.29. The summed E-state index contributed by atoms with van der Waals surface area (Å²) in [5.41, 5.74) is 0.834. The highest BCUT2D eigenvalue weighted by Crippen LogP contribution is 2.27. The third-order valence-electron chi connectivity index (χ3n) is 4.64. The molecule has 0 aliphatic carbocycles. The standard InChI is InChI=1S/C24H32O5/c1-16(2)19-7-9-20(10-8-19)27-14-17(3)15-28-21-11-12-22(18(4)13-21)29-24(5,6)23(25)26/h7-13,16-17H,14-15H2,1-6H3,(H,25,26). The monoisotopic (exact) mass is 400 g/mol. The maximum atomic E-state index is 11.2. The van der Waals surface area contributed by atoms with Gasteiger partial charge >= 0.3 is 5.97 Å². The molecule has 5 nitrogen and oxygen atoms in total. The van der Waals surface area contributed by atoms with Crippen LogP contribution in [0.5, 0.6) is 17.2 Å². The minimum Gasteiger partial charge on any atom is -0.493 e. The summed E-state index contributed by atoms with van der Waals surface area (Å²) in [4.78, 5) is 11.2. The molecule has 0 spiro atoms. The average molecular weight is 401 g/mol. The molecule has 2 aromatic rings. The van der Waals surface area contributed by atoms with Crippen molar-refractivity contribution in [1.29, 1.82) is 0 Å². The lowest BCUT2D eigenvalue weighted by Gasteiger charge is -2.23. The fraction of sp³-hybridized carbons (Fsp3) is 0.458. The number of aliphatic carboxylic acids is 1. The summed E-state index contributed by atoms with van der Waals surface area (Å²) < 4.78 is 17.3. The zero-order chi connectivity index (χ0) is 21.6. The Morgan fingerprint density at radius 1 is 0.966 bits per heavy atom. The van der Waals surface area contributed by atoms with Crippen LogP contribution in [-0.2, 0) is 4.79 Å². The van der Waals surface area contributed by atoms with Crippen molar-refractivity contribution < 1.29 is 24.1 Å². The SMILES string of the molecule is Cc1cc(OCC(C)COc2ccc(C(C)C)cc2)ccc1OC(C)(C)C(=O)O. The second kappa shape index (κ2) is 9.68. The van der Waals surface area contributed by atoms with E-state index in [4.69, 9.17) is 14.2 Å². The molecule has 0 bridgehead atoms. The summed E-state index contributed by atoms with van der Waals surface area (Å²) in [5, 5.41) is 9.20. The van der Waals surface area contributed by atoms with Crippen molar-refractivity contribution >= 4 is 5.97 Å². The molecule has 0 saturated heterocycles. The molecule has 0 fully saturated rings. The molecule has 1 N–H and O–H groups in total. The van der Waals surface area contributed by atoms with Crippen LogP contribution in [0.4, 0.5) is 0 Å². The Labute approximate surface area is 173 Å². The summed E-state index contributed by atoms with van der Waals surface area (Å²) >= 11 is 0. The third kappa shape index (κ3) is 6.70. The van der Waals surface area contributed by atoms with E-state index >= 15 is 0 Å². The van der Waals surface area contributed by atoms with Gasteiger partial charge in [0, 0.05) is 5.92 Å². The number of carboxylic acids is 1. The average Bonchev–Trinajstić information content (AvgIpc) is 2.66. The van der Waals surface area contributed by atoms with E-state index in [0.717, 1.165) is 17.1 Å². The van der Waals surface area contributed by atoms with Gasteiger partial charge in [-0.05, 0) is 68.1 Å². The van der Waals surface area contributed by atoms with E-state index in [1.807, 2.05) is 25.1 Å². The van der Waals surface area contributed by atoms with Crippen molar-refractivity contribution in [2.45, 2.75) is 53.1 Å². The van der Waals surface area contributed by atoms with Crippen LogP contribution in [0.1, 0.15) is 51.7 Å². The van der Waals surface area contributed by atoms with Gasteiger partial charge in [0.15, 0.2) is 5.60 Å². The van der Waals surface area contributed by atoms with Gasteiger partial charge in [0.1, 0.15) is 17.2 Å². The van der Waals surface area contributed by atoms with Crippen molar-refractivity contribution in [3.63, 3.8) is 0 Å². The second-order valence-corrected chi connectivity index (χ2v) is 8.30. The Bertz CT molecular complexity index is 809. The Morgan fingerprint density at radius 3 is 2.03 bits per heavy atom. The van der Waals surface area contributed by atoms with Crippen molar-refractivity contribution in [2.75, 3.05) is 13.2 Å². The molecule has 0 heterocycles. The van der Waals surface area contributed by atoms with Crippen LogP contribution < -0.4 is 14.2 Å². The summed E-state index contributed by atoms with van der Waals surface area (Å²) in [6.45, 7) is 12.4. The number of hydrogen-bond acceptors (Lipinski definition) is 4. The first kappa shape index (κ1) is 22.6. The lowest BCUT2D eigenvalue weighted by atomic mass is 10.0. The summed E-state index contributed by atoms with van der Waals surface area (Å²) in [6, 6.07) is 13.6. The molecule has 0 aliphatic rings. The molecule has 2 rings (SSSR count). The maximum Gasteiger partial charge on any atom is 0.347 e. The van der Waals surface area contributed by atoms with E-state index in [0.29, 0.717) is 24.9 Å². The first-order chi connectivity index (χ1) is 13.6. The van der Waals surface area contributed by atoms with Crippen LogP contribution in [-0.4, -0.2) is 29.9 Å². The molecule has 0 aromatic heterocycles. The van der Waals surface area contributed by atoms with Gasteiger partial charge in [-0.2, -0.15) is 0 Å². The summed E-state index contributed by atoms with van der Waals surface area (Å²) in [7, 11) is 0. The van der Waals surface area contributed by atoms with Crippen LogP contribution in [0, 0.1) is 12.8 Å². The summed E-state index contributed by atoms with van der Waals surface area (Å²) in [6.07, 6.45) is 0. The fourth-order valence-electron chi connectivity index (χ4n) is 2.62. The maximum absolute atomic E-state index is 11.2. The largest absolute Gasteiger partial charge is 0.493 e. The smallest absolute Gasteiger partial charge is 0.347 e. The van der Waals surface area contributed by atoms with Gasteiger partial charge in [0.25, 0.3) is 0 Å². The van der Waals surface area contributed by atoms with E-state index in [-0.39, 0.29) is 5.92 Å². The summed E-state index contributed by atoms with van der Waals surface area (Å²) in [5.74, 6) is 1.82. The molecule has 0 aliphatic heterocycles. The lowest BCUT2D eigenvalue weighted by Crippen LogP contribution is -2.38. The molecular formula is C24H32O5. The predicted molar refractivity (Wildman–Crippen MR) is 114 cm³/mol. The number of aryl methyl sites for hydroxylation is 1. The number of benzene rings is 2. The predicted octanol–water partition coefficient (Wildman–Crippen LogP) is 5.45. The third-order valence-corrected chi connectivity index (χ3v) is 4.64. The molecule has 5 heteroatoms. The van der Waals surface area contributed by atoms with E-state index in [1.54, 1.807) is 12.1 Å². The number of rotatable bonds is 10. The fourth-order valence-corrected chi connectivity index (χ4v) is 2.62. The Hall–Kier alpha value is -2.69. The minimum absolute atomic E-state index is 0.210. The molecule has 0 saturated carbocycles. The van der Waals surface area contributed by atoms with Crippen LogP contribution in [0.15, 0.2) is 42.5 Å². The van der Waals surface area contributed by atoms with Crippen LogP contribution in [0.2, 0.25) is 0 Å². The van der Waals surface area contributed by atoms with E-state index < -0.39 is 11.6 Å². The van der Waals surface area contributed by atoms with Gasteiger partial charge in [0.05, 0.1) is 13.2 Å². The van der Waals surface area contributed by atoms with Gasteiger partial charge in [-0.1, -0.05) is 32.9 Å². The molecule has 2 aromatic carbocycles. The van der Waals surface area contributed by atoms with Crippen molar-refractivity contribution in [3.05, 3.63) is 53.6 Å². The molecule has 0 radical (unpaired) electrons. The molecule has 158 valence electrons. The first-order valence-corrected chi connectivity index (χ1v) is 9.97. The zero-order valence-corrected chi connectivity index (χ0v) is 18.2. The molecular weight excluding hydrogens is 368 g/mol. The van der Waals surface area contributed by atoms with Gasteiger partial charge < -0.3 is 19.3 Å². The van der Waals surface area contributed by atoms with Gasteiger partial charge in [-0.3, -0.25) is 0 Å².